The molecule has 1 atom stereocenters. The third-order valence-corrected chi connectivity index (χ3v) is 7.04. The van der Waals surface area contributed by atoms with Crippen LogP contribution in [-0.4, -0.2) is 76.2 Å². The van der Waals surface area contributed by atoms with Gasteiger partial charge in [-0.15, -0.1) is 0 Å². The average Bonchev–Trinajstić information content (AvgIpc) is 3.37. The second kappa shape index (κ2) is 9.30. The molecule has 172 valence electrons. The standard InChI is InChI=1S/C24H32N4O4/c1-18(28-22(31)24(25-23(28)32)12-5-6-13-24)21(30)27-16-14-26(15-17-27)20(29)11-7-10-19-8-3-2-4-9-19/h2-4,8-9,18H,5-7,10-17H2,1H3,(H,25,32). The Bertz CT molecular complexity index is 873. The third kappa shape index (κ3) is 4.36. The number of urea groups is 1. The van der Waals surface area contributed by atoms with Crippen LogP contribution >= 0.6 is 0 Å². The molecular weight excluding hydrogens is 408 g/mol. The Morgan fingerprint density at radius 1 is 1.00 bits per heavy atom. The number of piperazine rings is 1. The van der Waals surface area contributed by atoms with E-state index in [1.165, 1.54) is 5.56 Å². The smallest absolute Gasteiger partial charge is 0.325 e. The van der Waals surface area contributed by atoms with Gasteiger partial charge in [-0.3, -0.25) is 14.4 Å². The lowest BCUT2D eigenvalue weighted by atomic mass is 9.97. The van der Waals surface area contributed by atoms with E-state index in [1.54, 1.807) is 16.7 Å². The molecule has 1 saturated carbocycles. The Balaban J connectivity index is 1.25. The predicted octanol–water partition coefficient (Wildman–Crippen LogP) is 1.93. The summed E-state index contributed by atoms with van der Waals surface area (Å²) in [4.78, 5) is 55.6. The molecule has 1 spiro atoms. The fourth-order valence-corrected chi connectivity index (χ4v) is 5.11. The number of carbonyl (C=O) groups excluding carboxylic acids is 4. The lowest BCUT2D eigenvalue weighted by Gasteiger charge is -2.37. The minimum atomic E-state index is -0.837. The van der Waals surface area contributed by atoms with Crippen molar-refractivity contribution in [3.63, 3.8) is 0 Å². The highest BCUT2D eigenvalue weighted by molar-refractivity contribution is 6.10. The lowest BCUT2D eigenvalue weighted by molar-refractivity contribution is -0.145. The zero-order chi connectivity index (χ0) is 22.7. The number of hydrogen-bond donors (Lipinski definition) is 1. The molecule has 3 aliphatic rings. The number of rotatable bonds is 6. The number of carbonyl (C=O) groups is 4. The number of imide groups is 1. The summed E-state index contributed by atoms with van der Waals surface area (Å²) in [6.45, 7) is 3.42. The first-order valence-corrected chi connectivity index (χ1v) is 11.7. The van der Waals surface area contributed by atoms with Crippen molar-refractivity contribution in [2.45, 2.75) is 63.5 Å². The molecule has 0 radical (unpaired) electrons. The quantitative estimate of drug-likeness (QED) is 0.685. The first-order valence-electron chi connectivity index (χ1n) is 11.7. The van der Waals surface area contributed by atoms with Gasteiger partial charge >= 0.3 is 6.03 Å². The van der Waals surface area contributed by atoms with Gasteiger partial charge in [-0.2, -0.15) is 0 Å². The largest absolute Gasteiger partial charge is 0.339 e. The summed E-state index contributed by atoms with van der Waals surface area (Å²) in [5.41, 5.74) is 0.417. The highest BCUT2D eigenvalue weighted by atomic mass is 16.2. The van der Waals surface area contributed by atoms with Crippen molar-refractivity contribution in [3.05, 3.63) is 35.9 Å². The molecule has 3 fully saturated rings. The first kappa shape index (κ1) is 22.3. The minimum Gasteiger partial charge on any atom is -0.339 e. The van der Waals surface area contributed by atoms with Crippen molar-refractivity contribution in [2.75, 3.05) is 26.2 Å². The van der Waals surface area contributed by atoms with Crippen molar-refractivity contribution in [1.29, 1.82) is 0 Å². The van der Waals surface area contributed by atoms with Crippen LogP contribution in [0, 0.1) is 0 Å². The molecule has 0 aromatic heterocycles. The van der Waals surface area contributed by atoms with Crippen molar-refractivity contribution in [3.8, 4) is 0 Å². The molecule has 1 aromatic rings. The first-order chi connectivity index (χ1) is 15.4. The van der Waals surface area contributed by atoms with Crippen LogP contribution in [-0.2, 0) is 20.8 Å². The van der Waals surface area contributed by atoms with Gasteiger partial charge < -0.3 is 15.1 Å². The lowest BCUT2D eigenvalue weighted by Crippen LogP contribution is -2.56. The van der Waals surface area contributed by atoms with Gasteiger partial charge in [-0.1, -0.05) is 43.2 Å². The Morgan fingerprint density at radius 3 is 2.28 bits per heavy atom. The van der Waals surface area contributed by atoms with Crippen LogP contribution in [0.4, 0.5) is 4.79 Å². The van der Waals surface area contributed by atoms with E-state index < -0.39 is 17.6 Å². The van der Waals surface area contributed by atoms with Crippen LogP contribution in [0.5, 0.6) is 0 Å². The summed E-state index contributed by atoms with van der Waals surface area (Å²) in [6, 6.07) is 8.81. The van der Waals surface area contributed by atoms with Crippen molar-refractivity contribution in [1.82, 2.24) is 20.0 Å². The zero-order valence-corrected chi connectivity index (χ0v) is 18.7. The van der Waals surface area contributed by atoms with Gasteiger partial charge in [-0.05, 0) is 38.2 Å². The van der Waals surface area contributed by atoms with E-state index in [0.717, 1.165) is 30.6 Å². The Kier molecular flexibility index (Phi) is 6.48. The van der Waals surface area contributed by atoms with E-state index in [1.807, 2.05) is 18.2 Å². The molecule has 2 saturated heterocycles. The minimum absolute atomic E-state index is 0.110. The van der Waals surface area contributed by atoms with E-state index in [-0.39, 0.29) is 17.7 Å². The van der Waals surface area contributed by atoms with Gasteiger partial charge in [0, 0.05) is 32.6 Å². The van der Waals surface area contributed by atoms with Gasteiger partial charge in [0.25, 0.3) is 5.91 Å². The van der Waals surface area contributed by atoms with Gasteiger partial charge in [-0.25, -0.2) is 9.69 Å². The molecule has 5 amide bonds. The second-order valence-electron chi connectivity index (χ2n) is 9.12. The van der Waals surface area contributed by atoms with Gasteiger partial charge in [0.1, 0.15) is 11.6 Å². The van der Waals surface area contributed by atoms with E-state index in [4.69, 9.17) is 0 Å². The fourth-order valence-electron chi connectivity index (χ4n) is 5.11. The molecule has 4 rings (SSSR count). The molecular formula is C24H32N4O4. The number of amides is 5. The maximum absolute atomic E-state index is 13.0. The molecule has 1 unspecified atom stereocenters. The average molecular weight is 441 g/mol. The van der Waals surface area contributed by atoms with Crippen molar-refractivity contribution in [2.24, 2.45) is 0 Å². The Hall–Kier alpha value is -2.90. The van der Waals surface area contributed by atoms with Gasteiger partial charge in [0.05, 0.1) is 0 Å². The summed E-state index contributed by atoms with van der Waals surface area (Å²) in [7, 11) is 0. The highest BCUT2D eigenvalue weighted by Crippen LogP contribution is 2.36. The van der Waals surface area contributed by atoms with E-state index in [9.17, 15) is 19.2 Å². The van der Waals surface area contributed by atoms with Crippen LogP contribution in [0.1, 0.15) is 51.0 Å². The summed E-state index contributed by atoms with van der Waals surface area (Å²) < 4.78 is 0. The molecule has 0 bridgehead atoms. The van der Waals surface area contributed by atoms with Crippen molar-refractivity contribution < 1.29 is 19.2 Å². The summed E-state index contributed by atoms with van der Waals surface area (Å²) in [5, 5.41) is 2.83. The fraction of sp³-hybridized carbons (Fsp3) is 0.583. The molecule has 1 aromatic carbocycles. The Morgan fingerprint density at radius 2 is 1.62 bits per heavy atom. The molecule has 1 N–H and O–H groups in total. The van der Waals surface area contributed by atoms with Gasteiger partial charge in [0.2, 0.25) is 11.8 Å². The predicted molar refractivity (Wildman–Crippen MR) is 119 cm³/mol. The molecule has 2 aliphatic heterocycles. The molecule has 1 aliphatic carbocycles. The zero-order valence-electron chi connectivity index (χ0n) is 18.7. The number of benzene rings is 1. The topological polar surface area (TPSA) is 90.0 Å². The van der Waals surface area contributed by atoms with E-state index in [0.29, 0.717) is 45.4 Å². The van der Waals surface area contributed by atoms with Crippen LogP contribution in [0.2, 0.25) is 0 Å². The third-order valence-electron chi connectivity index (χ3n) is 7.04. The monoisotopic (exact) mass is 440 g/mol. The van der Waals surface area contributed by atoms with Crippen LogP contribution < -0.4 is 5.32 Å². The van der Waals surface area contributed by atoms with Crippen LogP contribution in [0.15, 0.2) is 30.3 Å². The number of nitrogens with one attached hydrogen (secondary N) is 1. The summed E-state index contributed by atoms with van der Waals surface area (Å²) in [5.74, 6) is -0.397. The number of nitrogens with zero attached hydrogens (tertiary/aromatic N) is 3. The molecule has 32 heavy (non-hydrogen) atoms. The molecule has 8 heteroatoms. The van der Waals surface area contributed by atoms with Crippen LogP contribution in [0.25, 0.3) is 0 Å². The van der Waals surface area contributed by atoms with Crippen LogP contribution in [0.3, 0.4) is 0 Å². The molecule has 8 nitrogen and oxygen atoms in total. The maximum atomic E-state index is 13.0. The van der Waals surface area contributed by atoms with Gasteiger partial charge in [0.15, 0.2) is 0 Å². The normalized spacial score (nSPS) is 21.2. The highest BCUT2D eigenvalue weighted by Gasteiger charge is 2.54. The maximum Gasteiger partial charge on any atom is 0.325 e. The summed E-state index contributed by atoms with van der Waals surface area (Å²) in [6.07, 6.45) is 5.25. The number of hydrogen-bond acceptors (Lipinski definition) is 4. The van der Waals surface area contributed by atoms with Crippen molar-refractivity contribution >= 4 is 23.8 Å². The number of aryl methyl sites for hydroxylation is 1. The van der Waals surface area contributed by atoms with E-state index >= 15 is 0 Å². The Labute approximate surface area is 188 Å². The summed E-state index contributed by atoms with van der Waals surface area (Å²) >= 11 is 0. The second-order valence-corrected chi connectivity index (χ2v) is 9.12. The SMILES string of the molecule is CC(C(=O)N1CCN(C(=O)CCCc2ccccc2)CC1)N1C(=O)NC2(CCCC2)C1=O. The molecule has 2 heterocycles. The van der Waals surface area contributed by atoms with E-state index in [2.05, 4.69) is 17.4 Å².